The summed E-state index contributed by atoms with van der Waals surface area (Å²) < 4.78 is 45.1. The van der Waals surface area contributed by atoms with Crippen LogP contribution in [0, 0.1) is 0 Å². The second-order valence-corrected chi connectivity index (χ2v) is 6.62. The molecule has 0 N–H and O–H groups in total. The van der Waals surface area contributed by atoms with Crippen LogP contribution in [0.15, 0.2) is 18.2 Å². The van der Waals surface area contributed by atoms with Crippen LogP contribution in [0.2, 0.25) is 0 Å². The largest absolute Gasteiger partial charge is 0.494 e. The van der Waals surface area contributed by atoms with Crippen molar-refractivity contribution >= 4 is 12.6 Å². The summed E-state index contributed by atoms with van der Waals surface area (Å²) >= 11 is 0. The fourth-order valence-corrected chi connectivity index (χ4v) is 3.11. The van der Waals surface area contributed by atoms with Gasteiger partial charge in [-0.3, -0.25) is 0 Å². The zero-order valence-electron chi connectivity index (χ0n) is 17.0. The Morgan fingerprint density at radius 1 is 0.483 bits per heavy atom. The second kappa shape index (κ2) is 14.1. The first-order chi connectivity index (χ1) is 14.4. The fraction of sp³-hybridized carbons (Fsp3) is 0.700. The maximum Gasteiger partial charge on any atom is 0.494 e. The number of ether oxygens (including phenoxy) is 6. The molecule has 29 heavy (non-hydrogen) atoms. The Morgan fingerprint density at radius 2 is 0.862 bits per heavy atom. The van der Waals surface area contributed by atoms with E-state index in [-0.39, 0.29) is 7.12 Å². The van der Waals surface area contributed by atoms with Gasteiger partial charge in [0.2, 0.25) is 0 Å². The van der Waals surface area contributed by atoms with Gasteiger partial charge in [-0.15, -0.1) is 0 Å². The van der Waals surface area contributed by atoms with Gasteiger partial charge in [-0.05, 0) is 16.6 Å². The van der Waals surface area contributed by atoms with Crippen LogP contribution >= 0.6 is 0 Å². The topological polar surface area (TPSA) is 73.8 Å². The molecule has 3 rings (SSSR count). The van der Waals surface area contributed by atoms with Crippen molar-refractivity contribution in [2.45, 2.75) is 13.2 Å². The second-order valence-electron chi connectivity index (χ2n) is 6.62. The predicted octanol–water partition coefficient (Wildman–Crippen LogP) is 0.542. The minimum Gasteiger partial charge on any atom is -0.405 e. The van der Waals surface area contributed by atoms with Crippen LogP contribution in [0.25, 0.3) is 0 Å². The van der Waals surface area contributed by atoms with Crippen LogP contribution in [-0.2, 0) is 50.9 Å². The highest BCUT2D eigenvalue weighted by Crippen LogP contribution is 2.12. The van der Waals surface area contributed by atoms with Crippen molar-refractivity contribution in [2.75, 3.05) is 79.3 Å². The Balaban J connectivity index is 1.58. The van der Waals surface area contributed by atoms with E-state index in [1.807, 2.05) is 18.2 Å². The predicted molar refractivity (Wildman–Crippen MR) is 106 cm³/mol. The van der Waals surface area contributed by atoms with Gasteiger partial charge in [0.05, 0.1) is 92.5 Å². The summed E-state index contributed by atoms with van der Waals surface area (Å²) in [4.78, 5) is 0. The van der Waals surface area contributed by atoms with E-state index in [1.165, 1.54) is 0 Å². The highest BCUT2D eigenvalue weighted by molar-refractivity contribution is 6.62. The van der Waals surface area contributed by atoms with E-state index < -0.39 is 0 Å². The van der Waals surface area contributed by atoms with Gasteiger partial charge in [0.1, 0.15) is 0 Å². The number of benzene rings is 1. The average molecular weight is 410 g/mol. The minimum absolute atomic E-state index is 0.378. The molecule has 0 unspecified atom stereocenters. The molecule has 1 aromatic carbocycles. The summed E-state index contributed by atoms with van der Waals surface area (Å²) in [5.41, 5.74) is 3.08. The Hall–Kier alpha value is -1.04. The van der Waals surface area contributed by atoms with Crippen molar-refractivity contribution < 1.29 is 37.7 Å². The van der Waals surface area contributed by atoms with E-state index in [1.54, 1.807) is 0 Å². The summed E-state index contributed by atoms with van der Waals surface area (Å²) in [6.07, 6.45) is 0. The Bertz CT molecular complexity index is 529. The molecule has 0 atom stereocenters. The summed E-state index contributed by atoms with van der Waals surface area (Å²) in [6.45, 7) is 7.41. The fourth-order valence-electron chi connectivity index (χ4n) is 3.11. The van der Waals surface area contributed by atoms with Gasteiger partial charge in [-0.2, -0.15) is 0 Å². The van der Waals surface area contributed by atoms with E-state index >= 15 is 0 Å². The molecule has 0 spiro atoms. The Morgan fingerprint density at radius 3 is 1.28 bits per heavy atom. The monoisotopic (exact) mass is 410 g/mol. The molecule has 0 aromatic heterocycles. The Kier molecular flexibility index (Phi) is 11.0. The number of fused-ring (bicyclic) bond motifs is 2. The molecule has 2 aliphatic heterocycles. The first-order valence-corrected chi connectivity index (χ1v) is 10.3. The van der Waals surface area contributed by atoms with Crippen molar-refractivity contribution in [3.63, 3.8) is 0 Å². The smallest absolute Gasteiger partial charge is 0.405 e. The molecule has 0 radical (unpaired) electrons. The molecule has 162 valence electrons. The van der Waals surface area contributed by atoms with Crippen molar-refractivity contribution in [3.05, 3.63) is 29.3 Å². The maximum atomic E-state index is 5.81. The standard InChI is InChI=1S/C20H31BO8/c1-2-18-16-26-12-10-24-8-6-22-4-5-23-7-9-25-11-13-27-17-19(3-1)20(18)21-28-14-15-29-21/h1-3H,4-17H2. The molecule has 1 aromatic rings. The van der Waals surface area contributed by atoms with Gasteiger partial charge >= 0.3 is 7.12 Å². The van der Waals surface area contributed by atoms with E-state index in [0.29, 0.717) is 92.5 Å². The maximum absolute atomic E-state index is 5.81. The lowest BCUT2D eigenvalue weighted by molar-refractivity contribution is -0.0181. The third kappa shape index (κ3) is 8.31. The quantitative estimate of drug-likeness (QED) is 0.622. The van der Waals surface area contributed by atoms with Gasteiger partial charge in [0, 0.05) is 0 Å². The van der Waals surface area contributed by atoms with Crippen LogP contribution in [0.1, 0.15) is 11.1 Å². The molecule has 2 aliphatic rings. The highest BCUT2D eigenvalue weighted by atomic mass is 16.6. The molecule has 9 heteroatoms. The number of hydrogen-bond acceptors (Lipinski definition) is 8. The molecule has 0 saturated carbocycles. The van der Waals surface area contributed by atoms with Gasteiger partial charge in [-0.1, -0.05) is 18.2 Å². The third-order valence-electron chi connectivity index (χ3n) is 4.52. The van der Waals surface area contributed by atoms with E-state index in [9.17, 15) is 0 Å². The number of rotatable bonds is 1. The molecule has 8 nitrogen and oxygen atoms in total. The van der Waals surface area contributed by atoms with Gasteiger partial charge in [-0.25, -0.2) is 0 Å². The van der Waals surface area contributed by atoms with E-state index in [2.05, 4.69) is 0 Å². The normalized spacial score (nSPS) is 22.1. The molecule has 1 saturated heterocycles. The lowest BCUT2D eigenvalue weighted by Gasteiger charge is -2.17. The summed E-state index contributed by atoms with van der Waals surface area (Å²) in [7, 11) is -0.378. The summed E-state index contributed by atoms with van der Waals surface area (Å²) in [5.74, 6) is 0. The van der Waals surface area contributed by atoms with Crippen LogP contribution in [0.4, 0.5) is 0 Å². The number of hydrogen-bond donors (Lipinski definition) is 0. The van der Waals surface area contributed by atoms with Gasteiger partial charge in [0.25, 0.3) is 0 Å². The summed E-state index contributed by atoms with van der Waals surface area (Å²) in [5, 5.41) is 0. The molecule has 1 fully saturated rings. The van der Waals surface area contributed by atoms with Gasteiger partial charge < -0.3 is 37.7 Å². The molecule has 2 heterocycles. The zero-order chi connectivity index (χ0) is 20.0. The van der Waals surface area contributed by atoms with Crippen molar-refractivity contribution in [2.24, 2.45) is 0 Å². The third-order valence-corrected chi connectivity index (χ3v) is 4.52. The van der Waals surface area contributed by atoms with E-state index in [4.69, 9.17) is 37.7 Å². The lowest BCUT2D eigenvalue weighted by atomic mass is 9.73. The van der Waals surface area contributed by atoms with Crippen molar-refractivity contribution in [3.8, 4) is 0 Å². The highest BCUT2D eigenvalue weighted by Gasteiger charge is 2.31. The van der Waals surface area contributed by atoms with Gasteiger partial charge in [0.15, 0.2) is 0 Å². The molecular formula is C20H31BO8. The van der Waals surface area contributed by atoms with Crippen LogP contribution < -0.4 is 5.46 Å². The zero-order valence-corrected chi connectivity index (χ0v) is 17.0. The van der Waals surface area contributed by atoms with E-state index in [0.717, 1.165) is 16.6 Å². The van der Waals surface area contributed by atoms with Crippen LogP contribution in [-0.4, -0.2) is 86.4 Å². The molecule has 2 bridgehead atoms. The Labute approximate surface area is 172 Å². The van der Waals surface area contributed by atoms with Crippen molar-refractivity contribution in [1.29, 1.82) is 0 Å². The lowest BCUT2D eigenvalue weighted by Crippen LogP contribution is -2.38. The minimum atomic E-state index is -0.378. The molecule has 0 aliphatic carbocycles. The van der Waals surface area contributed by atoms with Crippen molar-refractivity contribution in [1.82, 2.24) is 0 Å². The SMILES string of the molecule is c1cc2c(B3OCCO3)c(c1)COCCOCCOCCOCCOCCOC2. The first-order valence-electron chi connectivity index (χ1n) is 10.3. The van der Waals surface area contributed by atoms with Crippen LogP contribution in [0.5, 0.6) is 0 Å². The molecule has 0 amide bonds. The van der Waals surface area contributed by atoms with Crippen LogP contribution in [0.3, 0.4) is 0 Å². The summed E-state index contributed by atoms with van der Waals surface area (Å²) in [6, 6.07) is 6.08. The average Bonchev–Trinajstić information content (AvgIpc) is 3.26. The first kappa shape index (κ1) is 22.6. The molecular weight excluding hydrogens is 379 g/mol.